The zero-order valence-electron chi connectivity index (χ0n) is 11.8. The molecule has 0 unspecified atom stereocenters. The molecule has 0 fully saturated rings. The maximum atomic E-state index is 12.1. The predicted octanol–water partition coefficient (Wildman–Crippen LogP) is 2.13. The summed E-state index contributed by atoms with van der Waals surface area (Å²) in [4.78, 5) is 20.5. The molecule has 0 saturated heterocycles. The third kappa shape index (κ3) is 3.81. The molecule has 0 aliphatic rings. The normalized spacial score (nSPS) is 10.6. The van der Waals surface area contributed by atoms with Crippen LogP contribution in [0.15, 0.2) is 28.9 Å². The van der Waals surface area contributed by atoms with Crippen LogP contribution in [-0.4, -0.2) is 21.9 Å². The van der Waals surface area contributed by atoms with Crippen LogP contribution in [0.5, 0.6) is 0 Å². The Bertz CT molecular complexity index is 579. The van der Waals surface area contributed by atoms with Crippen LogP contribution >= 0.6 is 0 Å². The summed E-state index contributed by atoms with van der Waals surface area (Å²) in [6.07, 6.45) is 1.57. The van der Waals surface area contributed by atoms with Crippen molar-refractivity contribution in [3.05, 3.63) is 41.6 Å². The summed E-state index contributed by atoms with van der Waals surface area (Å²) in [5.74, 6) is 0.909. The number of amides is 1. The molecule has 0 saturated carbocycles. The third-order valence-corrected chi connectivity index (χ3v) is 2.51. The first-order valence-electron chi connectivity index (χ1n) is 6.47. The summed E-state index contributed by atoms with van der Waals surface area (Å²) in [6, 6.07) is 5.44. The van der Waals surface area contributed by atoms with E-state index in [-0.39, 0.29) is 11.9 Å². The second-order valence-corrected chi connectivity index (χ2v) is 4.78. The Balaban J connectivity index is 2.06. The fourth-order valence-corrected chi connectivity index (χ4v) is 1.68. The molecule has 0 atom stereocenters. The van der Waals surface area contributed by atoms with Gasteiger partial charge in [0.05, 0.1) is 12.8 Å². The Labute approximate surface area is 117 Å². The number of hydrogen-bond donors (Lipinski definition) is 2. The van der Waals surface area contributed by atoms with Crippen molar-refractivity contribution >= 4 is 11.9 Å². The van der Waals surface area contributed by atoms with Crippen LogP contribution in [0.1, 0.15) is 35.8 Å². The number of carbonyl (C=O) groups is 1. The van der Waals surface area contributed by atoms with E-state index in [2.05, 4.69) is 20.6 Å². The SMILES string of the molecule is Cc1cc(C(=O)NCc2ccco2)nc(NC(C)C)n1. The summed E-state index contributed by atoms with van der Waals surface area (Å²) in [5, 5.41) is 5.85. The van der Waals surface area contributed by atoms with Crippen LogP contribution < -0.4 is 10.6 Å². The summed E-state index contributed by atoms with van der Waals surface area (Å²) in [5.41, 5.74) is 1.08. The quantitative estimate of drug-likeness (QED) is 0.873. The number of nitrogens with zero attached hydrogens (tertiary/aromatic N) is 2. The molecule has 0 aromatic carbocycles. The molecule has 0 radical (unpaired) electrons. The van der Waals surface area contributed by atoms with Gasteiger partial charge in [0.15, 0.2) is 0 Å². The molecule has 2 heterocycles. The number of rotatable bonds is 5. The van der Waals surface area contributed by atoms with E-state index in [1.807, 2.05) is 20.8 Å². The fraction of sp³-hybridized carbons (Fsp3) is 0.357. The zero-order chi connectivity index (χ0) is 14.5. The molecule has 0 bridgehead atoms. The van der Waals surface area contributed by atoms with E-state index in [1.54, 1.807) is 24.5 Å². The lowest BCUT2D eigenvalue weighted by atomic mass is 10.3. The van der Waals surface area contributed by atoms with Gasteiger partial charge in [-0.15, -0.1) is 0 Å². The van der Waals surface area contributed by atoms with E-state index in [9.17, 15) is 4.79 Å². The molecule has 1 amide bonds. The topological polar surface area (TPSA) is 80.0 Å². The molecular formula is C14H18N4O2. The van der Waals surface area contributed by atoms with Gasteiger partial charge in [0, 0.05) is 11.7 Å². The van der Waals surface area contributed by atoms with Crippen molar-refractivity contribution in [3.8, 4) is 0 Å². The third-order valence-electron chi connectivity index (χ3n) is 2.51. The summed E-state index contributed by atoms with van der Waals surface area (Å²) in [6.45, 7) is 6.14. The summed E-state index contributed by atoms with van der Waals surface area (Å²) >= 11 is 0. The largest absolute Gasteiger partial charge is 0.467 e. The van der Waals surface area contributed by atoms with Gasteiger partial charge in [-0.05, 0) is 39.0 Å². The predicted molar refractivity (Wildman–Crippen MR) is 75.4 cm³/mol. The van der Waals surface area contributed by atoms with Crippen molar-refractivity contribution in [2.24, 2.45) is 0 Å². The summed E-state index contributed by atoms with van der Waals surface area (Å²) < 4.78 is 5.16. The van der Waals surface area contributed by atoms with Crippen molar-refractivity contribution in [3.63, 3.8) is 0 Å². The number of anilines is 1. The number of carbonyl (C=O) groups excluding carboxylic acids is 1. The van der Waals surface area contributed by atoms with Crippen LogP contribution in [0.2, 0.25) is 0 Å². The van der Waals surface area contributed by atoms with Crippen LogP contribution in [0.3, 0.4) is 0 Å². The first-order valence-corrected chi connectivity index (χ1v) is 6.47. The lowest BCUT2D eigenvalue weighted by Crippen LogP contribution is -2.25. The highest BCUT2D eigenvalue weighted by atomic mass is 16.3. The van der Waals surface area contributed by atoms with E-state index in [0.717, 1.165) is 5.69 Å². The van der Waals surface area contributed by atoms with E-state index in [4.69, 9.17) is 4.42 Å². The van der Waals surface area contributed by atoms with Crippen molar-refractivity contribution in [2.75, 3.05) is 5.32 Å². The summed E-state index contributed by atoms with van der Waals surface area (Å²) in [7, 11) is 0. The van der Waals surface area contributed by atoms with Gasteiger partial charge in [-0.2, -0.15) is 0 Å². The number of aryl methyl sites for hydroxylation is 1. The molecule has 6 heteroatoms. The monoisotopic (exact) mass is 274 g/mol. The first-order chi connectivity index (χ1) is 9.54. The maximum Gasteiger partial charge on any atom is 0.270 e. The Morgan fingerprint density at radius 2 is 2.20 bits per heavy atom. The van der Waals surface area contributed by atoms with Gasteiger partial charge in [0.2, 0.25) is 5.95 Å². The molecule has 0 aliphatic carbocycles. The Kier molecular flexibility index (Phi) is 4.34. The van der Waals surface area contributed by atoms with Crippen LogP contribution in [0, 0.1) is 6.92 Å². The minimum absolute atomic E-state index is 0.204. The van der Waals surface area contributed by atoms with Crippen LogP contribution in [0.4, 0.5) is 5.95 Å². The molecule has 2 N–H and O–H groups in total. The van der Waals surface area contributed by atoms with Gasteiger partial charge in [-0.3, -0.25) is 4.79 Å². The molecule has 0 aliphatic heterocycles. The van der Waals surface area contributed by atoms with Gasteiger partial charge >= 0.3 is 0 Å². The Hall–Kier alpha value is -2.37. The second kappa shape index (κ2) is 6.18. The van der Waals surface area contributed by atoms with Crippen LogP contribution in [-0.2, 0) is 6.54 Å². The maximum absolute atomic E-state index is 12.1. The molecule has 0 spiro atoms. The molecular weight excluding hydrogens is 256 g/mol. The number of furan rings is 1. The molecule has 20 heavy (non-hydrogen) atoms. The standard InChI is InChI=1S/C14H18N4O2/c1-9(2)16-14-17-10(3)7-12(18-14)13(19)15-8-11-5-4-6-20-11/h4-7,9H,8H2,1-3H3,(H,15,19)(H,16,17,18). The molecule has 2 rings (SSSR count). The first kappa shape index (κ1) is 14.0. The second-order valence-electron chi connectivity index (χ2n) is 4.78. The van der Waals surface area contributed by atoms with Gasteiger partial charge in [-0.25, -0.2) is 9.97 Å². The highest BCUT2D eigenvalue weighted by molar-refractivity contribution is 5.92. The van der Waals surface area contributed by atoms with Crippen molar-refractivity contribution in [1.29, 1.82) is 0 Å². The van der Waals surface area contributed by atoms with Crippen LogP contribution in [0.25, 0.3) is 0 Å². The van der Waals surface area contributed by atoms with Gasteiger partial charge in [-0.1, -0.05) is 0 Å². The lowest BCUT2D eigenvalue weighted by Gasteiger charge is -2.10. The van der Waals surface area contributed by atoms with Gasteiger partial charge in [0.25, 0.3) is 5.91 Å². The number of hydrogen-bond acceptors (Lipinski definition) is 5. The molecule has 2 aromatic rings. The highest BCUT2D eigenvalue weighted by Gasteiger charge is 2.11. The minimum atomic E-state index is -0.251. The van der Waals surface area contributed by atoms with Crippen molar-refractivity contribution in [2.45, 2.75) is 33.4 Å². The van der Waals surface area contributed by atoms with Gasteiger partial charge < -0.3 is 15.1 Å². The minimum Gasteiger partial charge on any atom is -0.467 e. The Morgan fingerprint density at radius 1 is 1.40 bits per heavy atom. The average molecular weight is 274 g/mol. The Morgan fingerprint density at radius 3 is 2.85 bits per heavy atom. The molecule has 6 nitrogen and oxygen atoms in total. The smallest absolute Gasteiger partial charge is 0.270 e. The van der Waals surface area contributed by atoms with E-state index < -0.39 is 0 Å². The zero-order valence-corrected chi connectivity index (χ0v) is 11.8. The van der Waals surface area contributed by atoms with Crippen molar-refractivity contribution < 1.29 is 9.21 Å². The molecule has 106 valence electrons. The number of nitrogens with one attached hydrogen (secondary N) is 2. The van der Waals surface area contributed by atoms with Gasteiger partial charge in [0.1, 0.15) is 11.5 Å². The van der Waals surface area contributed by atoms with E-state index in [0.29, 0.717) is 23.9 Å². The lowest BCUT2D eigenvalue weighted by molar-refractivity contribution is 0.0943. The number of aromatic nitrogens is 2. The van der Waals surface area contributed by atoms with E-state index in [1.165, 1.54) is 0 Å². The molecule has 2 aromatic heterocycles. The van der Waals surface area contributed by atoms with E-state index >= 15 is 0 Å². The fourth-order valence-electron chi connectivity index (χ4n) is 1.68. The van der Waals surface area contributed by atoms with Crippen molar-refractivity contribution in [1.82, 2.24) is 15.3 Å². The average Bonchev–Trinajstić information content (AvgIpc) is 2.87. The highest BCUT2D eigenvalue weighted by Crippen LogP contribution is 2.07.